The number of carbonyl (C=O) groups excluding carboxylic acids is 1. The van der Waals surface area contributed by atoms with E-state index in [1.165, 1.54) is 0 Å². The van der Waals surface area contributed by atoms with Crippen LogP contribution < -0.4 is 0 Å². The lowest BCUT2D eigenvalue weighted by molar-refractivity contribution is -0.144. The number of carboxylic acid groups (broad SMARTS) is 1. The van der Waals surface area contributed by atoms with Gasteiger partial charge in [0.15, 0.2) is 0 Å². The number of carbonyl (C=O) groups is 2. The second-order valence-corrected chi connectivity index (χ2v) is 4.89. The minimum Gasteiger partial charge on any atom is -0.481 e. The molecule has 1 rings (SSSR count). The summed E-state index contributed by atoms with van der Waals surface area (Å²) < 4.78 is 0. The van der Waals surface area contributed by atoms with Crippen molar-refractivity contribution < 1.29 is 14.7 Å². The number of aliphatic carboxylic acids is 1. The number of amides is 2. The summed E-state index contributed by atoms with van der Waals surface area (Å²) in [6.07, 6.45) is 0. The predicted octanol–water partition coefficient (Wildman–Crippen LogP) is 1.27. The molecule has 1 aliphatic heterocycles. The van der Waals surface area contributed by atoms with Gasteiger partial charge in [0.2, 0.25) is 0 Å². The SMILES string of the molecule is C=C(C)CN(C)C(=O)N1CC(C(C)C(=O)O)C1. The molecule has 1 atom stereocenters. The number of carboxylic acids is 1. The highest BCUT2D eigenvalue weighted by atomic mass is 16.4. The first kappa shape index (κ1) is 13.5. The van der Waals surface area contributed by atoms with Gasteiger partial charge in [-0.2, -0.15) is 0 Å². The largest absolute Gasteiger partial charge is 0.481 e. The second-order valence-electron chi connectivity index (χ2n) is 4.89. The van der Waals surface area contributed by atoms with Gasteiger partial charge in [-0.15, -0.1) is 0 Å². The molecule has 17 heavy (non-hydrogen) atoms. The maximum absolute atomic E-state index is 11.9. The average Bonchev–Trinajstić information content (AvgIpc) is 2.13. The predicted molar refractivity (Wildman–Crippen MR) is 64.7 cm³/mol. The number of likely N-dealkylation sites (tertiary alicyclic amines) is 1. The van der Waals surface area contributed by atoms with Gasteiger partial charge in [0.05, 0.1) is 5.92 Å². The molecule has 2 amide bonds. The number of likely N-dealkylation sites (N-methyl/N-ethyl adjacent to an activating group) is 1. The molecule has 0 aromatic heterocycles. The van der Waals surface area contributed by atoms with Gasteiger partial charge in [-0.25, -0.2) is 4.79 Å². The summed E-state index contributed by atoms with van der Waals surface area (Å²) in [6.45, 7) is 8.92. The van der Waals surface area contributed by atoms with Crippen LogP contribution in [0.25, 0.3) is 0 Å². The van der Waals surface area contributed by atoms with Crippen molar-refractivity contribution in [1.82, 2.24) is 9.80 Å². The van der Waals surface area contributed by atoms with Crippen LogP contribution >= 0.6 is 0 Å². The number of hydrogen-bond acceptors (Lipinski definition) is 2. The molecule has 0 aromatic rings. The molecule has 1 heterocycles. The molecule has 5 heteroatoms. The third-order valence-corrected chi connectivity index (χ3v) is 3.11. The lowest BCUT2D eigenvalue weighted by Gasteiger charge is -2.42. The van der Waals surface area contributed by atoms with Gasteiger partial charge < -0.3 is 14.9 Å². The third-order valence-electron chi connectivity index (χ3n) is 3.11. The van der Waals surface area contributed by atoms with Crippen molar-refractivity contribution in [2.24, 2.45) is 11.8 Å². The highest BCUT2D eigenvalue weighted by molar-refractivity contribution is 5.76. The second kappa shape index (κ2) is 5.21. The van der Waals surface area contributed by atoms with E-state index in [-0.39, 0.29) is 17.9 Å². The van der Waals surface area contributed by atoms with Crippen LogP contribution in [0, 0.1) is 11.8 Å². The molecule has 1 aliphatic rings. The summed E-state index contributed by atoms with van der Waals surface area (Å²) in [5.74, 6) is -1.10. The first-order valence-corrected chi connectivity index (χ1v) is 5.70. The zero-order chi connectivity index (χ0) is 13.2. The lowest BCUT2D eigenvalue weighted by atomic mass is 9.87. The Kier molecular flexibility index (Phi) is 4.15. The van der Waals surface area contributed by atoms with Gasteiger partial charge in [-0.1, -0.05) is 19.1 Å². The highest BCUT2D eigenvalue weighted by Gasteiger charge is 2.38. The summed E-state index contributed by atoms with van der Waals surface area (Å²) in [4.78, 5) is 25.9. The first-order valence-electron chi connectivity index (χ1n) is 5.70. The van der Waals surface area contributed by atoms with E-state index in [1.54, 1.807) is 23.8 Å². The van der Waals surface area contributed by atoms with E-state index >= 15 is 0 Å². The standard InChI is InChI=1S/C12H20N2O3/c1-8(2)5-13(4)12(17)14-6-10(7-14)9(3)11(15)16/h9-10H,1,5-7H2,2-4H3,(H,15,16). The summed E-state index contributed by atoms with van der Waals surface area (Å²) in [5, 5.41) is 8.84. The number of nitrogens with zero attached hydrogens (tertiary/aromatic N) is 2. The fourth-order valence-corrected chi connectivity index (χ4v) is 1.90. The van der Waals surface area contributed by atoms with Gasteiger partial charge in [-0.3, -0.25) is 4.79 Å². The maximum Gasteiger partial charge on any atom is 0.320 e. The zero-order valence-corrected chi connectivity index (χ0v) is 10.6. The molecule has 1 fully saturated rings. The molecular weight excluding hydrogens is 220 g/mol. The van der Waals surface area contributed by atoms with Crippen LogP contribution in [0.3, 0.4) is 0 Å². The molecular formula is C12H20N2O3. The molecule has 1 unspecified atom stereocenters. The molecule has 0 radical (unpaired) electrons. The summed E-state index contributed by atoms with van der Waals surface area (Å²) >= 11 is 0. The van der Waals surface area contributed by atoms with Crippen molar-refractivity contribution in [3.63, 3.8) is 0 Å². The smallest absolute Gasteiger partial charge is 0.320 e. The minimum absolute atomic E-state index is 0.0539. The third kappa shape index (κ3) is 3.22. The number of rotatable bonds is 4. The average molecular weight is 240 g/mol. The molecule has 96 valence electrons. The van der Waals surface area contributed by atoms with Crippen LogP contribution in [0.5, 0.6) is 0 Å². The normalized spacial score (nSPS) is 17.2. The molecule has 5 nitrogen and oxygen atoms in total. The summed E-state index contributed by atoms with van der Waals surface area (Å²) in [5.41, 5.74) is 0.928. The van der Waals surface area contributed by atoms with E-state index in [0.29, 0.717) is 19.6 Å². The fourth-order valence-electron chi connectivity index (χ4n) is 1.90. The van der Waals surface area contributed by atoms with E-state index in [0.717, 1.165) is 5.57 Å². The van der Waals surface area contributed by atoms with Crippen molar-refractivity contribution in [3.05, 3.63) is 12.2 Å². The summed E-state index contributed by atoms with van der Waals surface area (Å²) in [7, 11) is 1.73. The Morgan fingerprint density at radius 2 is 2.06 bits per heavy atom. The fraction of sp³-hybridized carbons (Fsp3) is 0.667. The Labute approximate surface area is 102 Å². The van der Waals surface area contributed by atoms with Gasteiger partial charge >= 0.3 is 12.0 Å². The Hall–Kier alpha value is -1.52. The topological polar surface area (TPSA) is 60.9 Å². The summed E-state index contributed by atoms with van der Waals surface area (Å²) in [6, 6.07) is -0.0539. The monoisotopic (exact) mass is 240 g/mol. The Morgan fingerprint density at radius 1 is 1.53 bits per heavy atom. The van der Waals surface area contributed by atoms with Crippen molar-refractivity contribution in [3.8, 4) is 0 Å². The number of hydrogen-bond donors (Lipinski definition) is 1. The molecule has 0 spiro atoms. The quantitative estimate of drug-likeness (QED) is 0.753. The van der Waals surface area contributed by atoms with Crippen molar-refractivity contribution in [2.45, 2.75) is 13.8 Å². The van der Waals surface area contributed by atoms with Crippen LogP contribution in [0.15, 0.2) is 12.2 Å². The zero-order valence-electron chi connectivity index (χ0n) is 10.6. The van der Waals surface area contributed by atoms with Crippen LogP contribution in [-0.2, 0) is 4.79 Å². The van der Waals surface area contributed by atoms with E-state index < -0.39 is 5.97 Å². The molecule has 0 aliphatic carbocycles. The van der Waals surface area contributed by atoms with Crippen molar-refractivity contribution in [1.29, 1.82) is 0 Å². The Balaban J connectivity index is 2.39. The minimum atomic E-state index is -0.794. The first-order chi connectivity index (χ1) is 7.82. The number of urea groups is 1. The van der Waals surface area contributed by atoms with E-state index in [1.807, 2.05) is 6.92 Å². The van der Waals surface area contributed by atoms with Gasteiger partial charge in [0.1, 0.15) is 0 Å². The van der Waals surface area contributed by atoms with Crippen LogP contribution in [-0.4, -0.2) is 53.6 Å². The molecule has 0 bridgehead atoms. The van der Waals surface area contributed by atoms with Crippen LogP contribution in [0.1, 0.15) is 13.8 Å². The van der Waals surface area contributed by atoms with Crippen molar-refractivity contribution >= 4 is 12.0 Å². The Bertz CT molecular complexity index is 335. The Morgan fingerprint density at radius 3 is 2.47 bits per heavy atom. The van der Waals surface area contributed by atoms with Gasteiger partial charge in [0.25, 0.3) is 0 Å². The van der Waals surface area contributed by atoms with E-state index in [9.17, 15) is 9.59 Å². The van der Waals surface area contributed by atoms with E-state index in [2.05, 4.69) is 6.58 Å². The molecule has 0 saturated carbocycles. The van der Waals surface area contributed by atoms with Gasteiger partial charge in [0, 0.05) is 32.6 Å². The van der Waals surface area contributed by atoms with Crippen LogP contribution in [0.4, 0.5) is 4.79 Å². The lowest BCUT2D eigenvalue weighted by Crippen LogP contribution is -2.56. The molecule has 1 saturated heterocycles. The maximum atomic E-state index is 11.9. The van der Waals surface area contributed by atoms with Crippen LogP contribution in [0.2, 0.25) is 0 Å². The molecule has 1 N–H and O–H groups in total. The highest BCUT2D eigenvalue weighted by Crippen LogP contribution is 2.24. The molecule has 0 aromatic carbocycles. The van der Waals surface area contributed by atoms with Gasteiger partial charge in [-0.05, 0) is 6.92 Å². The van der Waals surface area contributed by atoms with Crippen molar-refractivity contribution in [2.75, 3.05) is 26.7 Å². The van der Waals surface area contributed by atoms with E-state index in [4.69, 9.17) is 5.11 Å².